The molecule has 160 valence electrons. The first kappa shape index (κ1) is 20.7. The third kappa shape index (κ3) is 4.48. The molecule has 6 nitrogen and oxygen atoms in total. The number of aryl methyl sites for hydroxylation is 1. The van der Waals surface area contributed by atoms with Crippen molar-refractivity contribution in [2.45, 2.75) is 19.3 Å². The van der Waals surface area contributed by atoms with Crippen LogP contribution >= 0.6 is 0 Å². The van der Waals surface area contributed by atoms with Gasteiger partial charge in [0.15, 0.2) is 0 Å². The monoisotopic (exact) mass is 417 g/mol. The average Bonchev–Trinajstić information content (AvgIpc) is 2.81. The van der Waals surface area contributed by atoms with Crippen LogP contribution in [0.1, 0.15) is 33.8 Å². The predicted molar refractivity (Wildman–Crippen MR) is 123 cm³/mol. The summed E-state index contributed by atoms with van der Waals surface area (Å²) in [5.74, 6) is 0.809. The number of carbonyl (C=O) groups excluding carboxylic acids is 1. The van der Waals surface area contributed by atoms with Crippen molar-refractivity contribution >= 4 is 23.0 Å². The summed E-state index contributed by atoms with van der Waals surface area (Å²) in [7, 11) is 3.45. The minimum Gasteiger partial charge on any atom is -0.493 e. The molecule has 4 rings (SSSR count). The van der Waals surface area contributed by atoms with Crippen LogP contribution in [0.2, 0.25) is 0 Å². The van der Waals surface area contributed by atoms with E-state index in [0.717, 1.165) is 23.5 Å². The highest BCUT2D eigenvalue weighted by Crippen LogP contribution is 2.38. The van der Waals surface area contributed by atoms with E-state index in [9.17, 15) is 4.79 Å². The molecule has 0 bridgehead atoms. The fourth-order valence-electron chi connectivity index (χ4n) is 3.91. The maximum atomic E-state index is 12.0. The lowest BCUT2D eigenvalue weighted by Crippen LogP contribution is -2.22. The Morgan fingerprint density at radius 2 is 2.06 bits per heavy atom. The number of pyridine rings is 1. The summed E-state index contributed by atoms with van der Waals surface area (Å²) < 4.78 is 10.9. The fraction of sp³-hybridized carbons (Fsp3) is 0.280. The molecule has 1 aliphatic rings. The van der Waals surface area contributed by atoms with Crippen LogP contribution in [-0.4, -0.2) is 38.3 Å². The Kier molecular flexibility index (Phi) is 6.07. The van der Waals surface area contributed by atoms with Gasteiger partial charge in [-0.1, -0.05) is 18.2 Å². The number of hydrogen-bond acceptors (Lipinski definition) is 6. The van der Waals surface area contributed by atoms with Crippen LogP contribution in [0, 0.1) is 6.92 Å². The van der Waals surface area contributed by atoms with E-state index in [-0.39, 0.29) is 11.9 Å². The SMILES string of the molecule is COC(=O)c1ccncc1NC[C@@H]1CCOc2cc(N(C)c3cccc(C)c3)ccc21. The van der Waals surface area contributed by atoms with E-state index in [2.05, 4.69) is 71.6 Å². The number of nitrogens with one attached hydrogen (secondary N) is 1. The number of fused-ring (bicyclic) bond motifs is 1. The Balaban J connectivity index is 1.52. The normalized spacial score (nSPS) is 14.9. The van der Waals surface area contributed by atoms with Crippen LogP contribution < -0.4 is 15.0 Å². The third-order valence-electron chi connectivity index (χ3n) is 5.70. The van der Waals surface area contributed by atoms with Gasteiger partial charge in [0.1, 0.15) is 5.75 Å². The highest BCUT2D eigenvalue weighted by molar-refractivity contribution is 5.95. The highest BCUT2D eigenvalue weighted by Gasteiger charge is 2.23. The van der Waals surface area contributed by atoms with Crippen LogP contribution in [0.3, 0.4) is 0 Å². The smallest absolute Gasteiger partial charge is 0.340 e. The number of nitrogens with zero attached hydrogens (tertiary/aromatic N) is 2. The zero-order chi connectivity index (χ0) is 21.8. The van der Waals surface area contributed by atoms with E-state index < -0.39 is 0 Å². The molecule has 0 saturated carbocycles. The number of benzene rings is 2. The summed E-state index contributed by atoms with van der Waals surface area (Å²) in [6.07, 6.45) is 4.15. The summed E-state index contributed by atoms with van der Waals surface area (Å²) in [6, 6.07) is 16.5. The number of methoxy groups -OCH3 is 1. The van der Waals surface area contributed by atoms with Gasteiger partial charge in [-0.15, -0.1) is 0 Å². The van der Waals surface area contributed by atoms with Crippen molar-refractivity contribution in [2.75, 3.05) is 37.5 Å². The molecule has 1 atom stereocenters. The first-order valence-electron chi connectivity index (χ1n) is 10.4. The Bertz CT molecular complexity index is 1080. The lowest BCUT2D eigenvalue weighted by atomic mass is 9.92. The summed E-state index contributed by atoms with van der Waals surface area (Å²) in [6.45, 7) is 3.44. The van der Waals surface area contributed by atoms with Crippen molar-refractivity contribution in [3.8, 4) is 5.75 Å². The number of aromatic nitrogens is 1. The van der Waals surface area contributed by atoms with Crippen molar-refractivity contribution in [2.24, 2.45) is 0 Å². The summed E-state index contributed by atoms with van der Waals surface area (Å²) in [5.41, 5.74) is 5.78. The number of esters is 1. The summed E-state index contributed by atoms with van der Waals surface area (Å²) in [4.78, 5) is 18.3. The molecule has 2 heterocycles. The molecule has 1 aliphatic heterocycles. The molecule has 31 heavy (non-hydrogen) atoms. The predicted octanol–water partition coefficient (Wildman–Crippen LogP) is 4.92. The Hall–Kier alpha value is -3.54. The highest BCUT2D eigenvalue weighted by atomic mass is 16.5. The van der Waals surface area contributed by atoms with E-state index in [1.165, 1.54) is 18.2 Å². The topological polar surface area (TPSA) is 63.7 Å². The Morgan fingerprint density at radius 3 is 2.87 bits per heavy atom. The molecule has 1 aromatic heterocycles. The van der Waals surface area contributed by atoms with Gasteiger partial charge in [0, 0.05) is 43.1 Å². The molecule has 0 radical (unpaired) electrons. The van der Waals surface area contributed by atoms with Crippen molar-refractivity contribution in [3.05, 3.63) is 77.6 Å². The first-order chi connectivity index (χ1) is 15.1. The number of rotatable bonds is 6. The van der Waals surface area contributed by atoms with Gasteiger partial charge in [0.25, 0.3) is 0 Å². The molecular formula is C25H27N3O3. The summed E-state index contributed by atoms with van der Waals surface area (Å²) in [5, 5.41) is 3.38. The van der Waals surface area contributed by atoms with Crippen LogP contribution in [0.4, 0.5) is 17.1 Å². The number of carbonyl (C=O) groups is 1. The van der Waals surface area contributed by atoms with Crippen molar-refractivity contribution < 1.29 is 14.3 Å². The van der Waals surface area contributed by atoms with E-state index in [0.29, 0.717) is 24.4 Å². The van der Waals surface area contributed by atoms with Crippen LogP contribution in [0.25, 0.3) is 0 Å². The minimum atomic E-state index is -0.374. The standard InChI is InChI=1S/C25H27N3O3/c1-17-5-4-6-19(13-17)28(2)20-7-8-21-18(10-12-31-24(21)14-20)15-27-23-16-26-11-9-22(23)25(29)30-3/h4-9,11,13-14,16,18,27H,10,12,15H2,1-3H3/t18-/m0/s1. The van der Waals surface area contributed by atoms with E-state index >= 15 is 0 Å². The third-order valence-corrected chi connectivity index (χ3v) is 5.70. The fourth-order valence-corrected chi connectivity index (χ4v) is 3.91. The van der Waals surface area contributed by atoms with Gasteiger partial charge in [0.05, 0.1) is 31.2 Å². The molecule has 0 amide bonds. The molecule has 2 aromatic carbocycles. The summed E-state index contributed by atoms with van der Waals surface area (Å²) >= 11 is 0. The van der Waals surface area contributed by atoms with Gasteiger partial charge in [-0.05, 0) is 48.7 Å². The van der Waals surface area contributed by atoms with Gasteiger partial charge in [-0.3, -0.25) is 4.98 Å². The van der Waals surface area contributed by atoms with Crippen LogP contribution in [0.15, 0.2) is 60.9 Å². The number of hydrogen-bond donors (Lipinski definition) is 1. The molecule has 0 saturated heterocycles. The van der Waals surface area contributed by atoms with E-state index in [4.69, 9.17) is 9.47 Å². The zero-order valence-corrected chi connectivity index (χ0v) is 18.1. The van der Waals surface area contributed by atoms with Gasteiger partial charge in [-0.2, -0.15) is 0 Å². The lowest BCUT2D eigenvalue weighted by molar-refractivity contribution is 0.0601. The molecule has 0 spiro atoms. The second kappa shape index (κ2) is 9.08. The second-order valence-corrected chi connectivity index (χ2v) is 7.75. The number of anilines is 3. The minimum absolute atomic E-state index is 0.271. The molecule has 0 unspecified atom stereocenters. The van der Waals surface area contributed by atoms with Gasteiger partial charge >= 0.3 is 5.97 Å². The van der Waals surface area contributed by atoms with Gasteiger partial charge in [0.2, 0.25) is 0 Å². The molecule has 0 aliphatic carbocycles. The molecule has 0 fully saturated rings. The van der Waals surface area contributed by atoms with Crippen molar-refractivity contribution in [1.29, 1.82) is 0 Å². The number of ether oxygens (including phenoxy) is 2. The molecule has 1 N–H and O–H groups in total. The lowest BCUT2D eigenvalue weighted by Gasteiger charge is -2.28. The van der Waals surface area contributed by atoms with E-state index in [1.54, 1.807) is 18.5 Å². The molecule has 6 heteroatoms. The largest absolute Gasteiger partial charge is 0.493 e. The maximum Gasteiger partial charge on any atom is 0.340 e. The van der Waals surface area contributed by atoms with Crippen LogP contribution in [-0.2, 0) is 4.74 Å². The molecule has 3 aromatic rings. The van der Waals surface area contributed by atoms with Crippen molar-refractivity contribution in [3.63, 3.8) is 0 Å². The van der Waals surface area contributed by atoms with E-state index in [1.807, 2.05) is 0 Å². The quantitative estimate of drug-likeness (QED) is 0.574. The molecular weight excluding hydrogens is 390 g/mol. The van der Waals surface area contributed by atoms with Crippen molar-refractivity contribution in [1.82, 2.24) is 4.98 Å². The maximum absolute atomic E-state index is 12.0. The Morgan fingerprint density at radius 1 is 1.23 bits per heavy atom. The Labute approximate surface area is 182 Å². The van der Waals surface area contributed by atoms with Gasteiger partial charge in [-0.25, -0.2) is 4.79 Å². The van der Waals surface area contributed by atoms with Gasteiger partial charge < -0.3 is 19.7 Å². The van der Waals surface area contributed by atoms with Crippen LogP contribution in [0.5, 0.6) is 5.75 Å². The average molecular weight is 418 g/mol. The zero-order valence-electron chi connectivity index (χ0n) is 18.1. The second-order valence-electron chi connectivity index (χ2n) is 7.75. The first-order valence-corrected chi connectivity index (χ1v) is 10.4.